The molecule has 0 saturated carbocycles. The summed E-state index contributed by atoms with van der Waals surface area (Å²) in [7, 11) is 0. The lowest BCUT2D eigenvalue weighted by atomic mass is 10.2. The van der Waals surface area contributed by atoms with Crippen molar-refractivity contribution >= 4 is 28.5 Å². The third-order valence-electron chi connectivity index (χ3n) is 2.14. The molecule has 1 N–H and O–H groups in total. The molecule has 2 rings (SSSR count). The number of aryl methyl sites for hydroxylation is 1. The van der Waals surface area contributed by atoms with E-state index >= 15 is 0 Å². The van der Waals surface area contributed by atoms with Gasteiger partial charge in [-0.25, -0.2) is 0 Å². The summed E-state index contributed by atoms with van der Waals surface area (Å²) in [6.07, 6.45) is 0. The number of anilines is 1. The largest absolute Gasteiger partial charge is 0.278 e. The minimum absolute atomic E-state index is 0.00528. The number of amides is 1. The zero-order valence-corrected chi connectivity index (χ0v) is 8.60. The van der Waals surface area contributed by atoms with E-state index in [1.165, 1.54) is 16.7 Å². The number of hydrogen-bond donors (Lipinski definition) is 1. The van der Waals surface area contributed by atoms with Crippen LogP contribution in [0, 0.1) is 12.3 Å². The second-order valence-electron chi connectivity index (χ2n) is 3.11. The minimum Gasteiger partial charge on any atom is -0.278 e. The fourth-order valence-corrected chi connectivity index (χ4v) is 2.15. The molecule has 1 aromatic rings. The number of hydrogen-bond acceptors (Lipinski definition) is 3. The van der Waals surface area contributed by atoms with Crippen LogP contribution in [0.5, 0.6) is 0 Å². The predicted octanol–water partition coefficient (Wildman–Crippen LogP) is 2.01. The van der Waals surface area contributed by atoms with Crippen molar-refractivity contribution in [2.75, 3.05) is 10.7 Å². The quantitative estimate of drug-likeness (QED) is 0.763. The standard InChI is InChI=1S/C10H10N2OS/c1-7-4-2-3-5-8(7)12-9(13)6-14-10(12)11/h2-5,11H,6H2,1H3. The molecule has 1 aliphatic rings. The number of thioether (sulfide) groups is 1. The van der Waals surface area contributed by atoms with Gasteiger partial charge in [0.25, 0.3) is 0 Å². The van der Waals surface area contributed by atoms with Crippen molar-refractivity contribution in [1.82, 2.24) is 0 Å². The molecule has 72 valence electrons. The SMILES string of the molecule is Cc1ccccc1N1C(=N)SCC1=O. The molecule has 4 heteroatoms. The first-order valence-corrected chi connectivity index (χ1v) is 5.28. The highest BCUT2D eigenvalue weighted by molar-refractivity contribution is 8.15. The molecule has 0 bridgehead atoms. The van der Waals surface area contributed by atoms with Crippen LogP contribution in [0.2, 0.25) is 0 Å². The van der Waals surface area contributed by atoms with Gasteiger partial charge in [-0.2, -0.15) is 0 Å². The summed E-state index contributed by atoms with van der Waals surface area (Å²) >= 11 is 1.28. The monoisotopic (exact) mass is 206 g/mol. The molecule has 0 radical (unpaired) electrons. The van der Waals surface area contributed by atoms with Crippen molar-refractivity contribution in [3.63, 3.8) is 0 Å². The van der Waals surface area contributed by atoms with Crippen molar-refractivity contribution in [2.24, 2.45) is 0 Å². The highest BCUT2D eigenvalue weighted by atomic mass is 32.2. The maximum atomic E-state index is 11.5. The summed E-state index contributed by atoms with van der Waals surface area (Å²) in [5.41, 5.74) is 1.85. The number of carbonyl (C=O) groups excluding carboxylic acids is 1. The second kappa shape index (κ2) is 3.46. The Morgan fingerprint density at radius 1 is 1.43 bits per heavy atom. The van der Waals surface area contributed by atoms with E-state index in [1.54, 1.807) is 0 Å². The van der Waals surface area contributed by atoms with E-state index < -0.39 is 0 Å². The van der Waals surface area contributed by atoms with E-state index in [0.29, 0.717) is 10.9 Å². The van der Waals surface area contributed by atoms with Gasteiger partial charge in [0.05, 0.1) is 11.4 Å². The summed E-state index contributed by atoms with van der Waals surface area (Å²) < 4.78 is 0. The zero-order chi connectivity index (χ0) is 10.1. The third kappa shape index (κ3) is 1.42. The van der Waals surface area contributed by atoms with Crippen LogP contribution in [0.1, 0.15) is 5.56 Å². The zero-order valence-electron chi connectivity index (χ0n) is 7.78. The lowest BCUT2D eigenvalue weighted by Crippen LogP contribution is -2.29. The number of para-hydroxylation sites is 1. The fourth-order valence-electron chi connectivity index (χ4n) is 1.43. The molecule has 0 unspecified atom stereocenters. The Morgan fingerprint density at radius 3 is 2.71 bits per heavy atom. The van der Waals surface area contributed by atoms with E-state index in [1.807, 2.05) is 31.2 Å². The van der Waals surface area contributed by atoms with Crippen LogP contribution in [0.4, 0.5) is 5.69 Å². The van der Waals surface area contributed by atoms with Gasteiger partial charge in [0.1, 0.15) is 0 Å². The molecule has 0 spiro atoms. The molecule has 1 amide bonds. The number of benzene rings is 1. The Labute approximate surface area is 86.6 Å². The van der Waals surface area contributed by atoms with Crippen molar-refractivity contribution in [3.8, 4) is 0 Å². The van der Waals surface area contributed by atoms with Crippen LogP contribution in [-0.4, -0.2) is 16.8 Å². The van der Waals surface area contributed by atoms with Crippen LogP contribution < -0.4 is 4.90 Å². The first-order valence-electron chi connectivity index (χ1n) is 4.30. The van der Waals surface area contributed by atoms with E-state index in [-0.39, 0.29) is 5.91 Å². The predicted molar refractivity (Wildman–Crippen MR) is 58.8 cm³/mol. The van der Waals surface area contributed by atoms with E-state index in [0.717, 1.165) is 11.3 Å². The number of nitrogens with zero attached hydrogens (tertiary/aromatic N) is 1. The van der Waals surface area contributed by atoms with Crippen molar-refractivity contribution in [2.45, 2.75) is 6.92 Å². The summed E-state index contributed by atoms with van der Waals surface area (Å²) in [5.74, 6) is 0.377. The first kappa shape index (κ1) is 9.27. The van der Waals surface area contributed by atoms with Gasteiger partial charge in [0.2, 0.25) is 5.91 Å². The molecule has 0 aliphatic carbocycles. The number of carbonyl (C=O) groups is 1. The normalized spacial score (nSPS) is 16.5. The van der Waals surface area contributed by atoms with Crippen LogP contribution in [0.15, 0.2) is 24.3 Å². The lowest BCUT2D eigenvalue weighted by Gasteiger charge is -2.16. The van der Waals surface area contributed by atoms with Gasteiger partial charge in [-0.1, -0.05) is 30.0 Å². The second-order valence-corrected chi connectivity index (χ2v) is 4.07. The van der Waals surface area contributed by atoms with Crippen LogP contribution in [0.25, 0.3) is 0 Å². The van der Waals surface area contributed by atoms with E-state index in [2.05, 4.69) is 0 Å². The summed E-state index contributed by atoms with van der Waals surface area (Å²) in [6, 6.07) is 7.62. The van der Waals surface area contributed by atoms with Gasteiger partial charge in [0.15, 0.2) is 5.17 Å². The topological polar surface area (TPSA) is 44.2 Å². The third-order valence-corrected chi connectivity index (χ3v) is 2.99. The van der Waals surface area contributed by atoms with Gasteiger partial charge in [-0.3, -0.25) is 15.1 Å². The van der Waals surface area contributed by atoms with Gasteiger partial charge in [-0.05, 0) is 18.6 Å². The Kier molecular flexibility index (Phi) is 2.29. The molecule has 1 heterocycles. The van der Waals surface area contributed by atoms with Crippen molar-refractivity contribution < 1.29 is 4.79 Å². The Balaban J connectivity index is 2.44. The minimum atomic E-state index is -0.00528. The van der Waals surface area contributed by atoms with Gasteiger partial charge >= 0.3 is 0 Å². The first-order chi connectivity index (χ1) is 6.70. The summed E-state index contributed by atoms with van der Waals surface area (Å²) in [6.45, 7) is 1.94. The molecule has 3 nitrogen and oxygen atoms in total. The van der Waals surface area contributed by atoms with Crippen LogP contribution >= 0.6 is 11.8 Å². The average molecular weight is 206 g/mol. The molecule has 1 fully saturated rings. The summed E-state index contributed by atoms with van der Waals surface area (Å²) in [4.78, 5) is 13.0. The van der Waals surface area contributed by atoms with Gasteiger partial charge in [-0.15, -0.1) is 0 Å². The van der Waals surface area contributed by atoms with Crippen molar-refractivity contribution in [3.05, 3.63) is 29.8 Å². The number of rotatable bonds is 1. The van der Waals surface area contributed by atoms with Gasteiger partial charge < -0.3 is 0 Å². The van der Waals surface area contributed by atoms with Crippen molar-refractivity contribution in [1.29, 1.82) is 5.41 Å². The number of nitrogens with one attached hydrogen (secondary N) is 1. The fraction of sp³-hybridized carbons (Fsp3) is 0.200. The molecule has 1 aliphatic heterocycles. The molecule has 0 atom stereocenters. The van der Waals surface area contributed by atoms with Crippen LogP contribution in [0.3, 0.4) is 0 Å². The number of amidine groups is 1. The van der Waals surface area contributed by atoms with E-state index in [9.17, 15) is 4.79 Å². The molecular formula is C10H10N2OS. The maximum absolute atomic E-state index is 11.5. The Hall–Kier alpha value is -1.29. The maximum Gasteiger partial charge on any atom is 0.243 e. The molecule has 14 heavy (non-hydrogen) atoms. The Morgan fingerprint density at radius 2 is 2.14 bits per heavy atom. The highest BCUT2D eigenvalue weighted by Crippen LogP contribution is 2.27. The molecular weight excluding hydrogens is 196 g/mol. The molecule has 0 aromatic heterocycles. The van der Waals surface area contributed by atoms with E-state index in [4.69, 9.17) is 5.41 Å². The molecule has 1 saturated heterocycles. The molecule has 1 aromatic carbocycles. The smallest absolute Gasteiger partial charge is 0.243 e. The average Bonchev–Trinajstić information content (AvgIpc) is 2.48. The summed E-state index contributed by atoms with van der Waals surface area (Å²) in [5, 5.41) is 7.96. The lowest BCUT2D eigenvalue weighted by molar-refractivity contribution is -0.115. The highest BCUT2D eigenvalue weighted by Gasteiger charge is 2.28. The van der Waals surface area contributed by atoms with Gasteiger partial charge in [0, 0.05) is 0 Å². The Bertz CT molecular complexity index is 387. The van der Waals surface area contributed by atoms with Crippen LogP contribution in [-0.2, 0) is 4.79 Å².